The molecule has 0 amide bonds. The third-order valence-electron chi connectivity index (χ3n) is 7.40. The van der Waals surface area contributed by atoms with Gasteiger partial charge in [-0.2, -0.15) is 0 Å². The van der Waals surface area contributed by atoms with E-state index in [0.29, 0.717) is 5.92 Å². The van der Waals surface area contributed by atoms with Crippen molar-refractivity contribution in [3.05, 3.63) is 59.9 Å². The van der Waals surface area contributed by atoms with Gasteiger partial charge in [0, 0.05) is 12.6 Å². The van der Waals surface area contributed by atoms with E-state index in [1.165, 1.54) is 82.0 Å². The monoisotopic (exact) mass is 394 g/mol. The Kier molecular flexibility index (Phi) is 3.89. The molecule has 0 saturated heterocycles. The highest BCUT2D eigenvalue weighted by molar-refractivity contribution is 6.12. The summed E-state index contributed by atoms with van der Waals surface area (Å²) in [6, 6.07) is 15.9. The first kappa shape index (κ1) is 17.9. The van der Waals surface area contributed by atoms with Crippen molar-refractivity contribution in [2.45, 2.75) is 44.9 Å². The minimum atomic E-state index is 0.673. The topological polar surface area (TPSA) is 20.0 Å². The molecule has 0 spiro atoms. The van der Waals surface area contributed by atoms with E-state index in [1.54, 1.807) is 0 Å². The number of rotatable bonds is 1. The zero-order valence-corrected chi connectivity index (χ0v) is 18.1. The standard InChI is InChI=1S/C27H28N3/c1-17-21-12-8-7-11-19(21)14-23-25(17)27-26-22(28-16-29(27)2)13-20(15-24(26)30(23)3)18-9-5-4-6-10-18/h7-8,11-16,18H,4-6,9-10H2,1-3H3/q+1. The third-order valence-corrected chi connectivity index (χ3v) is 7.40. The summed E-state index contributed by atoms with van der Waals surface area (Å²) in [7, 11) is 4.35. The average Bonchev–Trinajstić information content (AvgIpc) is 2.79. The van der Waals surface area contributed by atoms with Crippen LogP contribution in [0.15, 0.2) is 48.8 Å². The maximum Gasteiger partial charge on any atom is 0.287 e. The van der Waals surface area contributed by atoms with E-state index in [9.17, 15) is 0 Å². The van der Waals surface area contributed by atoms with Crippen molar-refractivity contribution in [3.8, 4) is 11.3 Å². The van der Waals surface area contributed by atoms with Gasteiger partial charge >= 0.3 is 0 Å². The second kappa shape index (κ2) is 6.53. The summed E-state index contributed by atoms with van der Waals surface area (Å²) in [6.07, 6.45) is 8.70. The van der Waals surface area contributed by atoms with Crippen molar-refractivity contribution < 1.29 is 4.57 Å². The van der Waals surface area contributed by atoms with Crippen molar-refractivity contribution in [3.63, 3.8) is 0 Å². The molecule has 3 nitrogen and oxygen atoms in total. The molecule has 30 heavy (non-hydrogen) atoms. The van der Waals surface area contributed by atoms with Gasteiger partial charge in [-0.05, 0) is 70.8 Å². The molecular formula is C27H28N3+. The first-order valence-electron chi connectivity index (χ1n) is 11.2. The van der Waals surface area contributed by atoms with Crippen LogP contribution in [0.3, 0.4) is 0 Å². The lowest BCUT2D eigenvalue weighted by Crippen LogP contribution is -2.34. The van der Waals surface area contributed by atoms with Crippen LogP contribution in [0.25, 0.3) is 32.9 Å². The second-order valence-corrected chi connectivity index (χ2v) is 9.15. The van der Waals surface area contributed by atoms with E-state index in [2.05, 4.69) is 73.0 Å². The zero-order valence-electron chi connectivity index (χ0n) is 18.1. The Morgan fingerprint density at radius 2 is 1.80 bits per heavy atom. The SMILES string of the molecule is Cc1c2c(cc3ccccc13)N(C)c1cc(C3CCCCC3)cc3nc[n+](C)c-2c13. The van der Waals surface area contributed by atoms with Gasteiger partial charge in [0.2, 0.25) is 0 Å². The normalized spacial score (nSPS) is 16.3. The summed E-state index contributed by atoms with van der Waals surface area (Å²) in [5, 5.41) is 3.92. The molecule has 1 fully saturated rings. The van der Waals surface area contributed by atoms with E-state index in [4.69, 9.17) is 4.98 Å². The van der Waals surface area contributed by atoms with Crippen LogP contribution in [-0.2, 0) is 7.05 Å². The Hall–Kier alpha value is -2.94. The predicted molar refractivity (Wildman–Crippen MR) is 124 cm³/mol. The summed E-state index contributed by atoms with van der Waals surface area (Å²) in [5.74, 6) is 0.673. The zero-order chi connectivity index (χ0) is 20.4. The fourth-order valence-corrected chi connectivity index (χ4v) is 5.80. The molecule has 1 saturated carbocycles. The van der Waals surface area contributed by atoms with Gasteiger partial charge in [-0.25, -0.2) is 4.57 Å². The molecule has 3 aromatic carbocycles. The fraction of sp³-hybridized carbons (Fsp3) is 0.333. The number of hydrogen-bond acceptors (Lipinski definition) is 2. The van der Waals surface area contributed by atoms with Gasteiger partial charge in [0.25, 0.3) is 6.33 Å². The molecule has 2 aliphatic rings. The maximum absolute atomic E-state index is 4.88. The smallest absolute Gasteiger partial charge is 0.287 e. The van der Waals surface area contributed by atoms with E-state index >= 15 is 0 Å². The van der Waals surface area contributed by atoms with E-state index in [1.807, 2.05) is 6.33 Å². The molecular weight excluding hydrogens is 366 g/mol. The Morgan fingerprint density at radius 1 is 1.00 bits per heavy atom. The predicted octanol–water partition coefficient (Wildman–Crippen LogP) is 6.32. The lowest BCUT2D eigenvalue weighted by Gasteiger charge is -2.32. The minimum absolute atomic E-state index is 0.673. The fourth-order valence-electron chi connectivity index (χ4n) is 5.80. The summed E-state index contributed by atoms with van der Waals surface area (Å²) in [5.41, 5.74) is 9.17. The van der Waals surface area contributed by atoms with Gasteiger partial charge in [-0.15, -0.1) is 0 Å². The molecule has 0 radical (unpaired) electrons. The first-order chi connectivity index (χ1) is 14.6. The summed E-state index contributed by atoms with van der Waals surface area (Å²) in [6.45, 7) is 2.27. The number of nitrogens with zero attached hydrogens (tertiary/aromatic N) is 3. The van der Waals surface area contributed by atoms with Crippen molar-refractivity contribution in [1.82, 2.24) is 4.98 Å². The van der Waals surface area contributed by atoms with Crippen LogP contribution in [-0.4, -0.2) is 12.0 Å². The molecule has 6 rings (SSSR count). The van der Waals surface area contributed by atoms with E-state index in [0.717, 1.165) is 5.52 Å². The summed E-state index contributed by atoms with van der Waals surface area (Å²) in [4.78, 5) is 7.28. The Morgan fingerprint density at radius 3 is 2.63 bits per heavy atom. The lowest BCUT2D eigenvalue weighted by molar-refractivity contribution is -0.662. The molecule has 0 N–H and O–H groups in total. The molecule has 2 heterocycles. The van der Waals surface area contributed by atoms with Crippen LogP contribution in [0, 0.1) is 6.92 Å². The minimum Gasteiger partial charge on any atom is -0.343 e. The molecule has 0 bridgehead atoms. The average molecular weight is 395 g/mol. The molecule has 1 aliphatic carbocycles. The number of anilines is 2. The molecule has 1 aliphatic heterocycles. The van der Waals surface area contributed by atoms with Crippen molar-refractivity contribution in [2.75, 3.05) is 11.9 Å². The summed E-state index contributed by atoms with van der Waals surface area (Å²) >= 11 is 0. The Bertz CT molecular complexity index is 1320. The molecule has 150 valence electrons. The first-order valence-corrected chi connectivity index (χ1v) is 11.2. The number of benzene rings is 3. The molecule has 0 atom stereocenters. The molecule has 0 unspecified atom stereocenters. The number of fused-ring (bicyclic) bond motifs is 3. The molecule has 4 aromatic rings. The van der Waals surface area contributed by atoms with Crippen molar-refractivity contribution >= 4 is 33.1 Å². The Balaban J connectivity index is 1.69. The Labute approximate surface area is 178 Å². The van der Waals surface area contributed by atoms with Gasteiger partial charge in [-0.3, -0.25) is 0 Å². The number of hydrogen-bond donors (Lipinski definition) is 0. The molecule has 3 heteroatoms. The second-order valence-electron chi connectivity index (χ2n) is 9.15. The van der Waals surface area contributed by atoms with Crippen LogP contribution < -0.4 is 9.47 Å². The van der Waals surface area contributed by atoms with Crippen LogP contribution in [0.2, 0.25) is 0 Å². The largest absolute Gasteiger partial charge is 0.343 e. The van der Waals surface area contributed by atoms with E-state index in [-0.39, 0.29) is 0 Å². The van der Waals surface area contributed by atoms with Gasteiger partial charge in [-0.1, -0.05) is 43.5 Å². The van der Waals surface area contributed by atoms with Crippen molar-refractivity contribution in [2.24, 2.45) is 7.05 Å². The van der Waals surface area contributed by atoms with Crippen LogP contribution >= 0.6 is 0 Å². The number of aromatic nitrogens is 2. The summed E-state index contributed by atoms with van der Waals surface area (Å²) < 4.78 is 2.21. The quantitative estimate of drug-likeness (QED) is 0.352. The van der Waals surface area contributed by atoms with Gasteiger partial charge in [0.15, 0.2) is 5.52 Å². The maximum atomic E-state index is 4.88. The highest BCUT2D eigenvalue weighted by Crippen LogP contribution is 2.49. The van der Waals surface area contributed by atoms with Gasteiger partial charge in [0.05, 0.1) is 23.8 Å². The van der Waals surface area contributed by atoms with Crippen LogP contribution in [0.4, 0.5) is 11.4 Å². The van der Waals surface area contributed by atoms with Gasteiger partial charge in [0.1, 0.15) is 5.69 Å². The van der Waals surface area contributed by atoms with Gasteiger partial charge < -0.3 is 4.90 Å². The van der Waals surface area contributed by atoms with E-state index < -0.39 is 0 Å². The highest BCUT2D eigenvalue weighted by Gasteiger charge is 2.32. The third kappa shape index (κ3) is 2.44. The lowest BCUT2D eigenvalue weighted by atomic mass is 9.82. The van der Waals surface area contributed by atoms with Crippen LogP contribution in [0.1, 0.15) is 49.1 Å². The van der Waals surface area contributed by atoms with Crippen LogP contribution in [0.5, 0.6) is 0 Å². The van der Waals surface area contributed by atoms with Crippen molar-refractivity contribution in [1.29, 1.82) is 0 Å². The molecule has 1 aromatic heterocycles. The highest BCUT2D eigenvalue weighted by atomic mass is 15.1. The number of aryl methyl sites for hydroxylation is 2.